The van der Waals surface area contributed by atoms with Crippen molar-refractivity contribution in [1.82, 2.24) is 0 Å². The van der Waals surface area contributed by atoms with Gasteiger partial charge in [0.05, 0.1) is 13.2 Å². The predicted molar refractivity (Wildman–Crippen MR) is 79.9 cm³/mol. The summed E-state index contributed by atoms with van der Waals surface area (Å²) in [6.07, 6.45) is -0.491. The summed E-state index contributed by atoms with van der Waals surface area (Å²) in [6, 6.07) is 13.4. The van der Waals surface area contributed by atoms with Gasteiger partial charge in [0, 0.05) is 5.56 Å². The van der Waals surface area contributed by atoms with Gasteiger partial charge in [0.25, 0.3) is 5.82 Å². The fourth-order valence-corrected chi connectivity index (χ4v) is 1.91. The van der Waals surface area contributed by atoms with Crippen molar-refractivity contribution < 1.29 is 14.8 Å². The van der Waals surface area contributed by atoms with Gasteiger partial charge in [-0.25, -0.2) is 4.98 Å². The van der Waals surface area contributed by atoms with Gasteiger partial charge in [-0.3, -0.25) is 5.32 Å². The fourth-order valence-electron chi connectivity index (χ4n) is 1.91. The molecule has 1 heterocycles. The number of H-pyrrole nitrogens is 1. The van der Waals surface area contributed by atoms with Crippen LogP contribution in [-0.2, 0) is 0 Å². The van der Waals surface area contributed by atoms with Crippen molar-refractivity contribution in [3.63, 3.8) is 0 Å². The first-order valence-corrected chi connectivity index (χ1v) is 6.67. The Morgan fingerprint density at radius 2 is 2.00 bits per heavy atom. The van der Waals surface area contributed by atoms with E-state index in [1.165, 1.54) is 0 Å². The standard InChI is InChI=1S/C16H17N3O2/c1-11(20)10-18-16-13(9-17)5-8-15(19-16)12-3-6-14(21-2)7-4-12/h3-8,11,20H,10H2,1-2H3,(H,18,19)/p+1/t11-/m1/s1. The minimum absolute atomic E-state index is 0.372. The van der Waals surface area contributed by atoms with E-state index in [1.54, 1.807) is 20.1 Å². The summed E-state index contributed by atoms with van der Waals surface area (Å²) >= 11 is 0. The highest BCUT2D eigenvalue weighted by Crippen LogP contribution is 2.20. The zero-order valence-electron chi connectivity index (χ0n) is 12.1. The first-order chi connectivity index (χ1) is 10.1. The minimum Gasteiger partial charge on any atom is -0.497 e. The number of nitriles is 1. The fraction of sp³-hybridized carbons (Fsp3) is 0.250. The number of aromatic nitrogens is 1. The van der Waals surface area contributed by atoms with Crippen LogP contribution < -0.4 is 15.0 Å². The number of rotatable bonds is 5. The molecule has 2 aromatic rings. The van der Waals surface area contributed by atoms with E-state index in [0.717, 1.165) is 17.0 Å². The Bertz CT molecular complexity index is 646. The Hall–Kier alpha value is -2.58. The summed E-state index contributed by atoms with van der Waals surface area (Å²) in [6.45, 7) is 2.06. The third kappa shape index (κ3) is 3.71. The van der Waals surface area contributed by atoms with Gasteiger partial charge in [0.15, 0.2) is 0 Å². The largest absolute Gasteiger partial charge is 0.497 e. The molecular formula is C16H18N3O2+. The molecule has 0 unspecified atom stereocenters. The Morgan fingerprint density at radius 1 is 1.29 bits per heavy atom. The lowest BCUT2D eigenvalue weighted by atomic mass is 10.1. The van der Waals surface area contributed by atoms with Gasteiger partial charge in [-0.05, 0) is 43.3 Å². The third-order valence-electron chi connectivity index (χ3n) is 3.04. The molecule has 0 aliphatic rings. The van der Waals surface area contributed by atoms with E-state index >= 15 is 0 Å². The van der Waals surface area contributed by atoms with Crippen LogP contribution in [0.3, 0.4) is 0 Å². The van der Waals surface area contributed by atoms with Crippen LogP contribution in [0.5, 0.6) is 5.75 Å². The normalized spacial score (nSPS) is 11.5. The maximum absolute atomic E-state index is 9.35. The van der Waals surface area contributed by atoms with E-state index in [0.29, 0.717) is 17.9 Å². The van der Waals surface area contributed by atoms with E-state index in [9.17, 15) is 5.11 Å². The Balaban J connectivity index is 2.31. The second kappa shape index (κ2) is 6.73. The van der Waals surface area contributed by atoms with Crippen LogP contribution in [0.1, 0.15) is 12.5 Å². The number of benzene rings is 1. The molecule has 0 amide bonds. The van der Waals surface area contributed by atoms with Crippen LogP contribution in [0, 0.1) is 11.3 Å². The van der Waals surface area contributed by atoms with Gasteiger partial charge >= 0.3 is 0 Å². The number of aromatic amines is 1. The van der Waals surface area contributed by atoms with E-state index in [2.05, 4.69) is 16.4 Å². The lowest BCUT2D eigenvalue weighted by molar-refractivity contribution is -0.348. The maximum Gasteiger partial charge on any atom is 0.290 e. The molecule has 0 spiro atoms. The summed E-state index contributed by atoms with van der Waals surface area (Å²) in [4.78, 5) is 3.19. The van der Waals surface area contributed by atoms with Crippen molar-refractivity contribution in [1.29, 1.82) is 5.26 Å². The van der Waals surface area contributed by atoms with Crippen LogP contribution >= 0.6 is 0 Å². The molecule has 1 aromatic heterocycles. The summed E-state index contributed by atoms with van der Waals surface area (Å²) in [5.41, 5.74) is 2.37. The van der Waals surface area contributed by atoms with E-state index in [1.807, 2.05) is 30.3 Å². The van der Waals surface area contributed by atoms with Crippen LogP contribution in [0.25, 0.3) is 11.3 Å². The Labute approximate surface area is 123 Å². The zero-order chi connectivity index (χ0) is 15.2. The third-order valence-corrected chi connectivity index (χ3v) is 3.04. The van der Waals surface area contributed by atoms with Crippen molar-refractivity contribution in [3.05, 3.63) is 42.0 Å². The number of ether oxygens (including phenoxy) is 1. The van der Waals surface area contributed by atoms with Gasteiger partial charge in [0.2, 0.25) is 0 Å². The number of nitrogens with zero attached hydrogens (tertiary/aromatic N) is 1. The number of hydrogen-bond donors (Lipinski definition) is 2. The summed E-state index contributed by atoms with van der Waals surface area (Å²) in [7, 11) is 1.63. The molecule has 1 atom stereocenters. The Morgan fingerprint density at radius 3 is 2.57 bits per heavy atom. The summed E-state index contributed by atoms with van der Waals surface area (Å²) in [5.74, 6) is 1.39. The molecule has 0 aliphatic heterocycles. The van der Waals surface area contributed by atoms with Crippen molar-refractivity contribution in [3.8, 4) is 23.1 Å². The van der Waals surface area contributed by atoms with Gasteiger partial charge in [-0.15, -0.1) is 0 Å². The molecule has 0 bridgehead atoms. The maximum atomic E-state index is 9.35. The molecule has 0 radical (unpaired) electrons. The molecule has 2 rings (SSSR count). The van der Waals surface area contributed by atoms with Crippen LogP contribution in [0.2, 0.25) is 0 Å². The van der Waals surface area contributed by atoms with Gasteiger partial charge in [-0.1, -0.05) is 0 Å². The minimum atomic E-state index is -0.491. The average Bonchev–Trinajstić information content (AvgIpc) is 2.52. The zero-order valence-corrected chi connectivity index (χ0v) is 12.1. The van der Waals surface area contributed by atoms with E-state index in [4.69, 9.17) is 10.00 Å². The van der Waals surface area contributed by atoms with Crippen molar-refractivity contribution >= 4 is 5.82 Å². The van der Waals surface area contributed by atoms with Gasteiger partial charge in [0.1, 0.15) is 29.6 Å². The average molecular weight is 284 g/mol. The number of anilines is 1. The number of nitrogens with one attached hydrogen (secondary N) is 2. The highest BCUT2D eigenvalue weighted by molar-refractivity contribution is 5.60. The van der Waals surface area contributed by atoms with Crippen molar-refractivity contribution in [2.75, 3.05) is 19.0 Å². The molecule has 5 nitrogen and oxygen atoms in total. The highest BCUT2D eigenvalue weighted by Gasteiger charge is 2.13. The first-order valence-electron chi connectivity index (χ1n) is 6.67. The SMILES string of the molecule is COc1ccc(-c2ccc(C#N)c(NC[C@@H](C)O)[nH+]2)cc1. The van der Waals surface area contributed by atoms with Crippen LogP contribution in [0.15, 0.2) is 36.4 Å². The lowest BCUT2D eigenvalue weighted by Crippen LogP contribution is -2.23. The van der Waals surface area contributed by atoms with E-state index < -0.39 is 6.10 Å². The molecule has 0 fully saturated rings. The number of methoxy groups -OCH3 is 1. The Kier molecular flexibility index (Phi) is 4.75. The molecule has 21 heavy (non-hydrogen) atoms. The molecule has 0 saturated carbocycles. The number of hydrogen-bond acceptors (Lipinski definition) is 4. The van der Waals surface area contributed by atoms with Crippen molar-refractivity contribution in [2.24, 2.45) is 0 Å². The number of aliphatic hydroxyl groups excluding tert-OH is 1. The predicted octanol–water partition coefficient (Wildman–Crippen LogP) is 1.84. The number of aliphatic hydroxyl groups is 1. The second-order valence-electron chi connectivity index (χ2n) is 4.73. The molecule has 5 heteroatoms. The first kappa shape index (κ1) is 14.8. The molecule has 0 aliphatic carbocycles. The van der Waals surface area contributed by atoms with Crippen LogP contribution in [0.4, 0.5) is 5.82 Å². The highest BCUT2D eigenvalue weighted by atomic mass is 16.5. The van der Waals surface area contributed by atoms with Gasteiger partial charge < -0.3 is 9.84 Å². The molecular weight excluding hydrogens is 266 g/mol. The molecule has 1 aromatic carbocycles. The summed E-state index contributed by atoms with van der Waals surface area (Å²) < 4.78 is 5.14. The topological polar surface area (TPSA) is 79.4 Å². The van der Waals surface area contributed by atoms with Crippen LogP contribution in [-0.4, -0.2) is 24.9 Å². The second-order valence-corrected chi connectivity index (χ2v) is 4.73. The number of pyridine rings is 1. The molecule has 108 valence electrons. The van der Waals surface area contributed by atoms with Crippen molar-refractivity contribution in [2.45, 2.75) is 13.0 Å². The summed E-state index contributed by atoms with van der Waals surface area (Å²) in [5, 5.41) is 21.5. The smallest absolute Gasteiger partial charge is 0.290 e. The molecule has 0 saturated heterocycles. The molecule has 3 N–H and O–H groups in total. The van der Waals surface area contributed by atoms with Gasteiger partial charge in [-0.2, -0.15) is 5.26 Å². The lowest BCUT2D eigenvalue weighted by Gasteiger charge is -2.06. The quantitative estimate of drug-likeness (QED) is 0.878. The van der Waals surface area contributed by atoms with E-state index in [-0.39, 0.29) is 0 Å². The monoisotopic (exact) mass is 284 g/mol.